The molecule has 0 unspecified atom stereocenters. The molecule has 0 aliphatic rings. The fraction of sp³-hybridized carbons (Fsp3) is 0.286. The first-order valence-corrected chi connectivity index (χ1v) is 6.37. The summed E-state index contributed by atoms with van der Waals surface area (Å²) in [4.78, 5) is 12.1. The number of carbonyl (C=O) groups is 1. The van der Waals surface area contributed by atoms with Gasteiger partial charge in [-0.2, -0.15) is 5.10 Å². The Kier molecular flexibility index (Phi) is 4.00. The summed E-state index contributed by atoms with van der Waals surface area (Å²) in [5.74, 6) is -0.621. The molecule has 19 heavy (non-hydrogen) atoms. The van der Waals surface area contributed by atoms with Crippen molar-refractivity contribution in [2.75, 3.05) is 0 Å². The zero-order chi connectivity index (χ0) is 14.0. The minimum atomic E-state index is -0.453. The number of nitrogens with zero attached hydrogens (tertiary/aromatic N) is 2. The number of hydrogen-bond acceptors (Lipinski definition) is 2. The average Bonchev–Trinajstić information content (AvgIpc) is 2.77. The number of halogens is 2. The number of aromatic nitrogens is 2. The Balaban J connectivity index is 2.16. The summed E-state index contributed by atoms with van der Waals surface area (Å²) in [7, 11) is 0. The number of Topliss-reactive ketones (excluding diaryl/α,β-unsaturated/α-hetero) is 1. The van der Waals surface area contributed by atoms with Crippen LogP contribution in [0.25, 0.3) is 0 Å². The largest absolute Gasteiger partial charge is 0.294 e. The van der Waals surface area contributed by atoms with Gasteiger partial charge < -0.3 is 0 Å². The summed E-state index contributed by atoms with van der Waals surface area (Å²) in [5.41, 5.74) is 1.00. The number of ketones is 1. The van der Waals surface area contributed by atoms with Crippen molar-refractivity contribution in [2.45, 2.75) is 26.3 Å². The van der Waals surface area contributed by atoms with Gasteiger partial charge in [-0.05, 0) is 38.1 Å². The molecule has 1 heterocycles. The molecule has 0 atom stereocenters. The lowest BCUT2D eigenvalue weighted by molar-refractivity contribution is 0.0992. The molecule has 5 heteroatoms. The normalized spacial score (nSPS) is 11.0. The minimum Gasteiger partial charge on any atom is -0.294 e. The van der Waals surface area contributed by atoms with E-state index in [0.29, 0.717) is 11.3 Å². The van der Waals surface area contributed by atoms with E-state index in [9.17, 15) is 9.18 Å². The van der Waals surface area contributed by atoms with E-state index in [-0.39, 0.29) is 23.3 Å². The van der Waals surface area contributed by atoms with Crippen LogP contribution in [0.5, 0.6) is 0 Å². The van der Waals surface area contributed by atoms with Crippen molar-refractivity contribution >= 4 is 17.4 Å². The Labute approximate surface area is 116 Å². The Morgan fingerprint density at radius 3 is 2.74 bits per heavy atom. The molecule has 0 spiro atoms. The quantitative estimate of drug-likeness (QED) is 0.801. The summed E-state index contributed by atoms with van der Waals surface area (Å²) < 4.78 is 14.7. The number of hydrogen-bond donors (Lipinski definition) is 0. The first kappa shape index (κ1) is 13.7. The van der Waals surface area contributed by atoms with Crippen LogP contribution in [0.1, 0.15) is 35.9 Å². The third-order valence-corrected chi connectivity index (χ3v) is 3.08. The molecule has 2 aromatic rings. The van der Waals surface area contributed by atoms with E-state index >= 15 is 0 Å². The fourth-order valence-corrected chi connectivity index (χ4v) is 2.01. The van der Waals surface area contributed by atoms with Crippen molar-refractivity contribution < 1.29 is 9.18 Å². The van der Waals surface area contributed by atoms with Gasteiger partial charge in [-0.1, -0.05) is 11.6 Å². The minimum absolute atomic E-state index is 0.133. The van der Waals surface area contributed by atoms with Gasteiger partial charge in [-0.15, -0.1) is 0 Å². The Bertz CT molecular complexity index is 607. The van der Waals surface area contributed by atoms with Gasteiger partial charge in [0.2, 0.25) is 0 Å². The van der Waals surface area contributed by atoms with Crippen LogP contribution in [0.2, 0.25) is 5.02 Å². The lowest BCUT2D eigenvalue weighted by Crippen LogP contribution is -2.07. The molecule has 0 bridgehead atoms. The van der Waals surface area contributed by atoms with Crippen LogP contribution in [0.15, 0.2) is 30.5 Å². The molecule has 0 radical (unpaired) electrons. The van der Waals surface area contributed by atoms with Crippen molar-refractivity contribution in [3.63, 3.8) is 0 Å². The van der Waals surface area contributed by atoms with Crippen LogP contribution >= 0.6 is 11.6 Å². The van der Waals surface area contributed by atoms with Crippen molar-refractivity contribution in [1.29, 1.82) is 0 Å². The first-order valence-electron chi connectivity index (χ1n) is 5.99. The summed E-state index contributed by atoms with van der Waals surface area (Å²) in [6, 6.07) is 5.82. The van der Waals surface area contributed by atoms with Crippen LogP contribution in [-0.4, -0.2) is 15.6 Å². The maximum absolute atomic E-state index is 12.9. The number of rotatable bonds is 4. The Morgan fingerprint density at radius 1 is 1.42 bits per heavy atom. The smallest absolute Gasteiger partial charge is 0.170 e. The zero-order valence-corrected chi connectivity index (χ0v) is 11.5. The zero-order valence-electron chi connectivity index (χ0n) is 10.7. The molecule has 2 rings (SSSR count). The van der Waals surface area contributed by atoms with Crippen molar-refractivity contribution in [1.82, 2.24) is 9.78 Å². The van der Waals surface area contributed by atoms with Crippen molar-refractivity contribution in [3.8, 4) is 0 Å². The SMILES string of the molecule is CC(C)n1ccc(CC(=O)c2ccc(F)cc2Cl)n1. The second-order valence-corrected chi connectivity index (χ2v) is 5.01. The average molecular weight is 281 g/mol. The molecular weight excluding hydrogens is 267 g/mol. The number of benzene rings is 1. The summed E-state index contributed by atoms with van der Waals surface area (Å²) in [6.45, 7) is 4.02. The highest BCUT2D eigenvalue weighted by Gasteiger charge is 2.13. The summed E-state index contributed by atoms with van der Waals surface area (Å²) in [6.07, 6.45) is 1.99. The molecule has 0 fully saturated rings. The fourth-order valence-electron chi connectivity index (χ4n) is 1.73. The van der Waals surface area contributed by atoms with Crippen LogP contribution in [-0.2, 0) is 6.42 Å². The van der Waals surface area contributed by atoms with Gasteiger partial charge in [0.05, 0.1) is 17.1 Å². The molecule has 1 aromatic heterocycles. The number of carbonyl (C=O) groups excluding carboxylic acids is 1. The van der Waals surface area contributed by atoms with E-state index in [1.807, 2.05) is 20.0 Å². The molecule has 0 saturated carbocycles. The second-order valence-electron chi connectivity index (χ2n) is 4.60. The maximum atomic E-state index is 12.9. The topological polar surface area (TPSA) is 34.9 Å². The highest BCUT2D eigenvalue weighted by Crippen LogP contribution is 2.19. The lowest BCUT2D eigenvalue weighted by atomic mass is 10.1. The molecule has 0 amide bonds. The van der Waals surface area contributed by atoms with Gasteiger partial charge in [-0.3, -0.25) is 9.48 Å². The van der Waals surface area contributed by atoms with Gasteiger partial charge in [0, 0.05) is 17.8 Å². The third-order valence-electron chi connectivity index (χ3n) is 2.77. The van der Waals surface area contributed by atoms with Gasteiger partial charge in [0.25, 0.3) is 0 Å². The molecule has 0 aliphatic carbocycles. The van der Waals surface area contributed by atoms with Crippen LogP contribution in [0, 0.1) is 5.82 Å². The molecule has 3 nitrogen and oxygen atoms in total. The predicted octanol–water partition coefficient (Wildman–Crippen LogP) is 3.68. The Hall–Kier alpha value is -1.68. The van der Waals surface area contributed by atoms with Crippen LogP contribution in [0.3, 0.4) is 0 Å². The summed E-state index contributed by atoms with van der Waals surface area (Å²) in [5, 5.41) is 4.43. The van der Waals surface area contributed by atoms with E-state index in [2.05, 4.69) is 5.10 Å². The first-order chi connectivity index (χ1) is 8.97. The van der Waals surface area contributed by atoms with Crippen molar-refractivity contribution in [2.24, 2.45) is 0 Å². The molecule has 0 saturated heterocycles. The van der Waals surface area contributed by atoms with Gasteiger partial charge in [-0.25, -0.2) is 4.39 Å². The monoisotopic (exact) mass is 280 g/mol. The van der Waals surface area contributed by atoms with Gasteiger partial charge >= 0.3 is 0 Å². The molecule has 1 aromatic carbocycles. The molecular formula is C14H14ClFN2O. The van der Waals surface area contributed by atoms with E-state index < -0.39 is 5.82 Å². The maximum Gasteiger partial charge on any atom is 0.170 e. The van der Waals surface area contributed by atoms with Crippen molar-refractivity contribution in [3.05, 3.63) is 52.6 Å². The standard InChI is InChI=1S/C14H14ClFN2O/c1-9(2)18-6-5-11(17-18)8-14(19)12-4-3-10(16)7-13(12)15/h3-7,9H,8H2,1-2H3. The Morgan fingerprint density at radius 2 is 2.16 bits per heavy atom. The third kappa shape index (κ3) is 3.20. The second kappa shape index (κ2) is 5.53. The predicted molar refractivity (Wildman–Crippen MR) is 72.1 cm³/mol. The van der Waals surface area contributed by atoms with E-state index in [4.69, 9.17) is 11.6 Å². The van der Waals surface area contributed by atoms with Gasteiger partial charge in [0.15, 0.2) is 5.78 Å². The highest BCUT2D eigenvalue weighted by atomic mass is 35.5. The molecule has 0 aliphatic heterocycles. The highest BCUT2D eigenvalue weighted by molar-refractivity contribution is 6.34. The van der Waals surface area contributed by atoms with Gasteiger partial charge in [0.1, 0.15) is 5.82 Å². The lowest BCUT2D eigenvalue weighted by Gasteiger charge is -2.04. The summed E-state index contributed by atoms with van der Waals surface area (Å²) >= 11 is 5.86. The molecule has 100 valence electrons. The van der Waals surface area contributed by atoms with E-state index in [0.717, 1.165) is 6.07 Å². The van der Waals surface area contributed by atoms with Crippen LogP contribution < -0.4 is 0 Å². The van der Waals surface area contributed by atoms with E-state index in [1.165, 1.54) is 12.1 Å². The molecule has 0 N–H and O–H groups in total. The van der Waals surface area contributed by atoms with E-state index in [1.54, 1.807) is 10.7 Å². The van der Waals surface area contributed by atoms with Crippen LogP contribution in [0.4, 0.5) is 4.39 Å².